The summed E-state index contributed by atoms with van der Waals surface area (Å²) in [6.45, 7) is 6.84. The molecular weight excluding hydrogens is 246 g/mol. The monoisotopic (exact) mass is 269 g/mol. The zero-order chi connectivity index (χ0) is 14.5. The van der Waals surface area contributed by atoms with Crippen molar-refractivity contribution in [1.29, 1.82) is 0 Å². The van der Waals surface area contributed by atoms with E-state index in [-0.39, 0.29) is 11.8 Å². The maximum absolute atomic E-state index is 11.9. The summed E-state index contributed by atoms with van der Waals surface area (Å²) in [5, 5.41) is 5.54. The van der Waals surface area contributed by atoms with Gasteiger partial charge in [0.25, 0.3) is 0 Å². The molecule has 0 heterocycles. The first-order valence-corrected chi connectivity index (χ1v) is 7.33. The molecule has 2 heteroatoms. The zero-order valence-electron chi connectivity index (χ0n) is 12.5. The van der Waals surface area contributed by atoms with Crippen LogP contribution in [0.25, 0.3) is 10.8 Å². The van der Waals surface area contributed by atoms with Crippen LogP contribution in [-0.2, 0) is 11.2 Å². The molecule has 0 saturated carbocycles. The van der Waals surface area contributed by atoms with E-state index in [1.54, 1.807) is 0 Å². The average molecular weight is 269 g/mol. The Hall–Kier alpha value is -1.83. The quantitative estimate of drug-likeness (QED) is 0.879. The molecule has 0 radical (unpaired) electrons. The van der Waals surface area contributed by atoms with E-state index in [1.807, 2.05) is 6.92 Å². The molecule has 1 atom stereocenters. The van der Waals surface area contributed by atoms with Gasteiger partial charge in [0.1, 0.15) is 0 Å². The zero-order valence-corrected chi connectivity index (χ0v) is 12.5. The lowest BCUT2D eigenvalue weighted by atomic mass is 9.97. The van der Waals surface area contributed by atoms with E-state index in [1.165, 1.54) is 16.3 Å². The molecule has 0 saturated heterocycles. The van der Waals surface area contributed by atoms with Gasteiger partial charge in [0.05, 0.1) is 0 Å². The third-order valence-electron chi connectivity index (χ3n) is 3.94. The first-order valence-electron chi connectivity index (χ1n) is 7.33. The average Bonchev–Trinajstić information content (AvgIpc) is 2.46. The van der Waals surface area contributed by atoms with Gasteiger partial charge in [-0.3, -0.25) is 4.79 Å². The highest BCUT2D eigenvalue weighted by Crippen LogP contribution is 2.16. The van der Waals surface area contributed by atoms with Crippen molar-refractivity contribution in [3.05, 3.63) is 48.0 Å². The molecule has 20 heavy (non-hydrogen) atoms. The third kappa shape index (κ3) is 3.60. The van der Waals surface area contributed by atoms with E-state index in [0.29, 0.717) is 12.5 Å². The van der Waals surface area contributed by atoms with Gasteiger partial charge in [0.15, 0.2) is 0 Å². The van der Waals surface area contributed by atoms with Gasteiger partial charge >= 0.3 is 0 Å². The van der Waals surface area contributed by atoms with Crippen molar-refractivity contribution in [3.8, 4) is 0 Å². The fourth-order valence-electron chi connectivity index (χ4n) is 2.19. The van der Waals surface area contributed by atoms with Gasteiger partial charge in [-0.2, -0.15) is 0 Å². The van der Waals surface area contributed by atoms with Crippen LogP contribution in [0.15, 0.2) is 42.5 Å². The lowest BCUT2D eigenvalue weighted by Crippen LogP contribution is -2.33. The van der Waals surface area contributed by atoms with Gasteiger partial charge < -0.3 is 5.32 Å². The van der Waals surface area contributed by atoms with Gasteiger partial charge in [-0.05, 0) is 28.7 Å². The van der Waals surface area contributed by atoms with Crippen LogP contribution in [0, 0.1) is 11.8 Å². The summed E-state index contributed by atoms with van der Waals surface area (Å²) in [5.41, 5.74) is 1.27. The second-order valence-corrected chi connectivity index (χ2v) is 5.76. The summed E-state index contributed by atoms with van der Waals surface area (Å²) in [7, 11) is 0. The molecule has 2 rings (SSSR count). The minimum absolute atomic E-state index is 0.0756. The van der Waals surface area contributed by atoms with Gasteiger partial charge in [-0.1, -0.05) is 63.2 Å². The number of amides is 1. The van der Waals surface area contributed by atoms with Gasteiger partial charge in [0.2, 0.25) is 5.91 Å². The molecule has 0 bridgehead atoms. The van der Waals surface area contributed by atoms with E-state index in [2.05, 4.69) is 61.6 Å². The molecule has 0 aliphatic heterocycles. The van der Waals surface area contributed by atoms with Crippen molar-refractivity contribution in [2.75, 3.05) is 6.54 Å². The molecule has 2 aromatic rings. The Bertz CT molecular complexity index is 589. The summed E-state index contributed by atoms with van der Waals surface area (Å²) in [4.78, 5) is 11.9. The predicted octanol–water partition coefficient (Wildman–Crippen LogP) is 3.79. The fraction of sp³-hybridized carbons (Fsp3) is 0.389. The maximum Gasteiger partial charge on any atom is 0.223 e. The molecule has 0 aliphatic carbocycles. The first-order chi connectivity index (χ1) is 9.58. The molecule has 2 nitrogen and oxygen atoms in total. The van der Waals surface area contributed by atoms with Crippen molar-refractivity contribution in [2.45, 2.75) is 27.2 Å². The molecule has 0 fully saturated rings. The standard InChI is InChI=1S/C18H23NO/c1-13(2)14(3)18(20)19-11-10-15-8-9-16-6-4-5-7-17(16)12-15/h4-9,12-14H,10-11H2,1-3H3,(H,19,20). The molecule has 1 N–H and O–H groups in total. The summed E-state index contributed by atoms with van der Waals surface area (Å²) >= 11 is 0. The van der Waals surface area contributed by atoms with Crippen molar-refractivity contribution in [2.24, 2.45) is 11.8 Å². The van der Waals surface area contributed by atoms with Crippen LogP contribution in [0.4, 0.5) is 0 Å². The fourth-order valence-corrected chi connectivity index (χ4v) is 2.19. The summed E-state index contributed by atoms with van der Waals surface area (Å²) in [6, 6.07) is 14.8. The molecule has 106 valence electrons. The predicted molar refractivity (Wildman–Crippen MR) is 84.7 cm³/mol. The second kappa shape index (κ2) is 6.56. The van der Waals surface area contributed by atoms with E-state index < -0.39 is 0 Å². The van der Waals surface area contributed by atoms with E-state index >= 15 is 0 Å². The van der Waals surface area contributed by atoms with E-state index in [9.17, 15) is 4.79 Å². The van der Waals surface area contributed by atoms with E-state index in [0.717, 1.165) is 6.42 Å². The molecule has 0 aromatic heterocycles. The lowest BCUT2D eigenvalue weighted by molar-refractivity contribution is -0.125. The minimum Gasteiger partial charge on any atom is -0.356 e. The van der Waals surface area contributed by atoms with Crippen LogP contribution in [0.5, 0.6) is 0 Å². The smallest absolute Gasteiger partial charge is 0.223 e. The number of fused-ring (bicyclic) bond motifs is 1. The molecule has 2 aromatic carbocycles. The summed E-state index contributed by atoms with van der Waals surface area (Å²) in [6.07, 6.45) is 0.876. The first kappa shape index (κ1) is 14.6. The van der Waals surface area contributed by atoms with Crippen molar-refractivity contribution in [3.63, 3.8) is 0 Å². The van der Waals surface area contributed by atoms with Crippen molar-refractivity contribution in [1.82, 2.24) is 5.32 Å². The molecule has 1 unspecified atom stereocenters. The third-order valence-corrected chi connectivity index (χ3v) is 3.94. The molecule has 0 aliphatic rings. The number of rotatable bonds is 5. The Kier molecular flexibility index (Phi) is 4.78. The SMILES string of the molecule is CC(C)C(C)C(=O)NCCc1ccc2ccccc2c1. The highest BCUT2D eigenvalue weighted by atomic mass is 16.1. The van der Waals surface area contributed by atoms with Crippen molar-refractivity contribution < 1.29 is 4.79 Å². The van der Waals surface area contributed by atoms with Gasteiger partial charge in [-0.25, -0.2) is 0 Å². The number of carbonyl (C=O) groups excluding carboxylic acids is 1. The van der Waals surface area contributed by atoms with Crippen LogP contribution < -0.4 is 5.32 Å². The number of hydrogen-bond acceptors (Lipinski definition) is 1. The van der Waals surface area contributed by atoms with Crippen LogP contribution in [-0.4, -0.2) is 12.5 Å². The van der Waals surface area contributed by atoms with Crippen molar-refractivity contribution >= 4 is 16.7 Å². The summed E-state index contributed by atoms with van der Waals surface area (Å²) < 4.78 is 0. The minimum atomic E-state index is 0.0756. The summed E-state index contributed by atoms with van der Waals surface area (Å²) in [5.74, 6) is 0.614. The number of carbonyl (C=O) groups is 1. The highest BCUT2D eigenvalue weighted by Gasteiger charge is 2.15. The Morgan fingerprint density at radius 2 is 1.75 bits per heavy atom. The Balaban J connectivity index is 1.91. The molecule has 1 amide bonds. The number of nitrogens with one attached hydrogen (secondary N) is 1. The van der Waals surface area contributed by atoms with Gasteiger partial charge in [-0.15, -0.1) is 0 Å². The van der Waals surface area contributed by atoms with Crippen LogP contribution in [0.1, 0.15) is 26.3 Å². The lowest BCUT2D eigenvalue weighted by Gasteiger charge is -2.15. The van der Waals surface area contributed by atoms with Crippen LogP contribution in [0.3, 0.4) is 0 Å². The molecular formula is C18H23NO. The Labute approximate surface area is 121 Å². The number of benzene rings is 2. The number of hydrogen-bond donors (Lipinski definition) is 1. The Morgan fingerprint density at radius 1 is 1.05 bits per heavy atom. The maximum atomic E-state index is 11.9. The Morgan fingerprint density at radius 3 is 2.45 bits per heavy atom. The molecule has 0 spiro atoms. The van der Waals surface area contributed by atoms with Crippen LogP contribution in [0.2, 0.25) is 0 Å². The van der Waals surface area contributed by atoms with Crippen LogP contribution >= 0.6 is 0 Å². The normalized spacial score (nSPS) is 12.6. The highest BCUT2D eigenvalue weighted by molar-refractivity contribution is 5.83. The van der Waals surface area contributed by atoms with E-state index in [4.69, 9.17) is 0 Å². The topological polar surface area (TPSA) is 29.1 Å². The largest absolute Gasteiger partial charge is 0.356 e. The van der Waals surface area contributed by atoms with Gasteiger partial charge in [0, 0.05) is 12.5 Å². The second-order valence-electron chi connectivity index (χ2n) is 5.76.